The first-order valence-electron chi connectivity index (χ1n) is 8.72. The van der Waals surface area contributed by atoms with Crippen molar-refractivity contribution in [2.75, 3.05) is 20.8 Å². The normalized spacial score (nSPS) is 11.9. The van der Waals surface area contributed by atoms with Crippen LogP contribution in [0, 0.1) is 5.92 Å². The van der Waals surface area contributed by atoms with Crippen molar-refractivity contribution in [3.63, 3.8) is 0 Å². The third kappa shape index (κ3) is 6.71. The van der Waals surface area contributed by atoms with E-state index in [2.05, 4.69) is 35.1 Å². The summed E-state index contributed by atoms with van der Waals surface area (Å²) in [5.74, 6) is 2.05. The number of unbranched alkanes of at least 4 members (excludes halogenated alkanes) is 1. The first-order valence-corrected chi connectivity index (χ1v) is 9.52. The Labute approximate surface area is 154 Å². The smallest absolute Gasteiger partial charge is 0.220 e. The number of ether oxygens (including phenoxy) is 2. The molecule has 0 heterocycles. The number of carbonyl (C=O) groups excluding carboxylic acids is 1. The van der Waals surface area contributed by atoms with Gasteiger partial charge in [-0.25, -0.2) is 0 Å². The number of carbonyl (C=O) groups is 1. The van der Waals surface area contributed by atoms with E-state index in [9.17, 15) is 4.79 Å². The predicted molar refractivity (Wildman–Crippen MR) is 102 cm³/mol. The third-order valence-electron chi connectivity index (χ3n) is 4.31. The maximum atomic E-state index is 12.1. The van der Waals surface area contributed by atoms with Crippen molar-refractivity contribution in [1.29, 1.82) is 0 Å². The van der Waals surface area contributed by atoms with Crippen LogP contribution in [0.15, 0.2) is 16.6 Å². The molecule has 0 spiro atoms. The second-order valence-corrected chi connectivity index (χ2v) is 6.87. The zero-order valence-corrected chi connectivity index (χ0v) is 16.9. The van der Waals surface area contributed by atoms with Gasteiger partial charge in [0.05, 0.1) is 14.2 Å². The molecular formula is C19H30BrNO3. The molecule has 4 nitrogen and oxygen atoms in total. The average Bonchev–Trinajstić information content (AvgIpc) is 2.60. The molecule has 0 aliphatic carbocycles. The Morgan fingerprint density at radius 2 is 1.88 bits per heavy atom. The van der Waals surface area contributed by atoms with Crippen LogP contribution >= 0.6 is 15.9 Å². The Morgan fingerprint density at radius 1 is 1.21 bits per heavy atom. The number of benzene rings is 1. The lowest BCUT2D eigenvalue weighted by molar-refractivity contribution is -0.121. The number of methoxy groups -OCH3 is 2. The van der Waals surface area contributed by atoms with Gasteiger partial charge in [-0.05, 0) is 36.5 Å². The van der Waals surface area contributed by atoms with Gasteiger partial charge in [-0.2, -0.15) is 0 Å². The highest BCUT2D eigenvalue weighted by Gasteiger charge is 2.12. The molecule has 0 saturated carbocycles. The summed E-state index contributed by atoms with van der Waals surface area (Å²) in [5.41, 5.74) is 1.04. The molecule has 0 bridgehead atoms. The van der Waals surface area contributed by atoms with Crippen molar-refractivity contribution in [2.45, 2.75) is 52.4 Å². The van der Waals surface area contributed by atoms with Gasteiger partial charge in [-0.1, -0.05) is 49.0 Å². The molecule has 0 aromatic heterocycles. The minimum absolute atomic E-state index is 0.103. The molecule has 1 atom stereocenters. The lowest BCUT2D eigenvalue weighted by Crippen LogP contribution is -2.29. The minimum atomic E-state index is 0.103. The van der Waals surface area contributed by atoms with Gasteiger partial charge >= 0.3 is 0 Å². The Morgan fingerprint density at radius 3 is 2.46 bits per heavy atom. The molecule has 1 aromatic carbocycles. The Hall–Kier alpha value is -1.23. The van der Waals surface area contributed by atoms with Crippen LogP contribution < -0.4 is 14.8 Å². The number of amides is 1. The van der Waals surface area contributed by atoms with Gasteiger partial charge in [-0.15, -0.1) is 0 Å². The van der Waals surface area contributed by atoms with E-state index in [0.717, 1.165) is 23.0 Å². The Balaban J connectivity index is 2.52. The molecule has 1 N–H and O–H groups in total. The van der Waals surface area contributed by atoms with Gasteiger partial charge in [0, 0.05) is 17.4 Å². The molecular weight excluding hydrogens is 370 g/mol. The maximum absolute atomic E-state index is 12.1. The zero-order valence-electron chi connectivity index (χ0n) is 15.3. The fourth-order valence-corrected chi connectivity index (χ4v) is 3.15. The van der Waals surface area contributed by atoms with E-state index in [1.165, 1.54) is 19.3 Å². The highest BCUT2D eigenvalue weighted by molar-refractivity contribution is 9.10. The highest BCUT2D eigenvalue weighted by Crippen LogP contribution is 2.33. The molecule has 5 heteroatoms. The van der Waals surface area contributed by atoms with Crippen LogP contribution in [0.2, 0.25) is 0 Å². The number of hydrogen-bond acceptors (Lipinski definition) is 3. The maximum Gasteiger partial charge on any atom is 0.220 e. The summed E-state index contributed by atoms with van der Waals surface area (Å²) in [7, 11) is 3.23. The van der Waals surface area contributed by atoms with Crippen LogP contribution in [0.3, 0.4) is 0 Å². The molecule has 0 radical (unpaired) electrons. The fraction of sp³-hybridized carbons (Fsp3) is 0.632. The molecule has 0 fully saturated rings. The van der Waals surface area contributed by atoms with Crippen LogP contribution in [-0.2, 0) is 11.2 Å². The first-order chi connectivity index (χ1) is 11.5. The van der Waals surface area contributed by atoms with E-state index in [-0.39, 0.29) is 5.91 Å². The Bertz CT molecular complexity index is 520. The van der Waals surface area contributed by atoms with Crippen LogP contribution in [0.1, 0.15) is 51.5 Å². The van der Waals surface area contributed by atoms with Gasteiger partial charge in [0.2, 0.25) is 5.91 Å². The second-order valence-electron chi connectivity index (χ2n) is 6.02. The summed E-state index contributed by atoms with van der Waals surface area (Å²) >= 11 is 3.54. The summed E-state index contributed by atoms with van der Waals surface area (Å²) in [6, 6.07) is 3.80. The second kappa shape index (κ2) is 11.3. The zero-order chi connectivity index (χ0) is 17.9. The first kappa shape index (κ1) is 20.8. The van der Waals surface area contributed by atoms with Gasteiger partial charge in [0.15, 0.2) is 11.5 Å². The molecule has 0 saturated heterocycles. The molecule has 1 amide bonds. The molecule has 0 aliphatic rings. The monoisotopic (exact) mass is 399 g/mol. The predicted octanol–water partition coefficient (Wildman–Crippen LogP) is 4.73. The topological polar surface area (TPSA) is 47.6 Å². The van der Waals surface area contributed by atoms with Crippen LogP contribution in [0.25, 0.3) is 0 Å². The summed E-state index contributed by atoms with van der Waals surface area (Å²) < 4.78 is 11.5. The minimum Gasteiger partial charge on any atom is -0.493 e. The quantitative estimate of drug-likeness (QED) is 0.584. The van der Waals surface area contributed by atoms with Gasteiger partial charge in [0.25, 0.3) is 0 Å². The van der Waals surface area contributed by atoms with Crippen LogP contribution in [0.4, 0.5) is 0 Å². The highest BCUT2D eigenvalue weighted by atomic mass is 79.9. The average molecular weight is 400 g/mol. The lowest BCUT2D eigenvalue weighted by Gasteiger charge is -2.15. The van der Waals surface area contributed by atoms with E-state index in [1.807, 2.05) is 12.1 Å². The summed E-state index contributed by atoms with van der Waals surface area (Å²) in [6.07, 6.45) is 5.87. The van der Waals surface area contributed by atoms with E-state index in [0.29, 0.717) is 30.3 Å². The number of nitrogens with one attached hydrogen (secondary N) is 1. The molecule has 1 rings (SSSR count). The van der Waals surface area contributed by atoms with E-state index in [4.69, 9.17) is 9.47 Å². The van der Waals surface area contributed by atoms with Crippen molar-refractivity contribution >= 4 is 21.8 Å². The standard InChI is InChI=1S/C19H30BrNO3/c1-5-7-8-14(6-2)13-21-19(22)10-9-15-11-17(23-3)18(24-4)12-16(15)20/h11-12,14H,5-10,13H2,1-4H3,(H,21,22). The van der Waals surface area contributed by atoms with E-state index in [1.54, 1.807) is 14.2 Å². The molecule has 136 valence electrons. The lowest BCUT2D eigenvalue weighted by atomic mass is 9.99. The summed E-state index contributed by atoms with van der Waals surface area (Å²) in [6.45, 7) is 5.17. The number of rotatable bonds is 11. The molecule has 1 unspecified atom stereocenters. The van der Waals surface area contributed by atoms with E-state index < -0.39 is 0 Å². The van der Waals surface area contributed by atoms with Crippen molar-refractivity contribution in [3.05, 3.63) is 22.2 Å². The van der Waals surface area contributed by atoms with Crippen LogP contribution in [-0.4, -0.2) is 26.7 Å². The fourth-order valence-electron chi connectivity index (χ4n) is 2.63. The van der Waals surface area contributed by atoms with Gasteiger partial charge < -0.3 is 14.8 Å². The molecule has 24 heavy (non-hydrogen) atoms. The van der Waals surface area contributed by atoms with Gasteiger partial charge in [0.1, 0.15) is 0 Å². The molecule has 1 aromatic rings. The summed E-state index contributed by atoms with van der Waals surface area (Å²) in [5, 5.41) is 3.07. The van der Waals surface area contributed by atoms with Gasteiger partial charge in [-0.3, -0.25) is 4.79 Å². The SMILES string of the molecule is CCCCC(CC)CNC(=O)CCc1cc(OC)c(OC)cc1Br. The van der Waals surface area contributed by atoms with Crippen molar-refractivity contribution in [3.8, 4) is 11.5 Å². The number of hydrogen-bond donors (Lipinski definition) is 1. The van der Waals surface area contributed by atoms with Crippen molar-refractivity contribution in [1.82, 2.24) is 5.32 Å². The van der Waals surface area contributed by atoms with Crippen molar-refractivity contribution in [2.24, 2.45) is 5.92 Å². The summed E-state index contributed by atoms with van der Waals surface area (Å²) in [4.78, 5) is 12.1. The Kier molecular flexibility index (Phi) is 9.84. The van der Waals surface area contributed by atoms with Crippen molar-refractivity contribution < 1.29 is 14.3 Å². The largest absolute Gasteiger partial charge is 0.493 e. The molecule has 0 aliphatic heterocycles. The number of aryl methyl sites for hydroxylation is 1. The number of halogens is 1. The van der Waals surface area contributed by atoms with E-state index >= 15 is 0 Å². The third-order valence-corrected chi connectivity index (χ3v) is 5.04. The van der Waals surface area contributed by atoms with Crippen LogP contribution in [0.5, 0.6) is 11.5 Å².